The van der Waals surface area contributed by atoms with Crippen molar-refractivity contribution < 1.29 is 58.2 Å². The summed E-state index contributed by atoms with van der Waals surface area (Å²) < 4.78 is 24.9. The highest BCUT2D eigenvalue weighted by Crippen LogP contribution is 2.48. The molecule has 12 nitrogen and oxygen atoms in total. The Kier molecular flexibility index (Phi) is 15.2. The molecule has 3 rings (SSSR count). The maximum Gasteiger partial charge on any atom is 0.371 e. The Bertz CT molecular complexity index is 1530. The van der Waals surface area contributed by atoms with Crippen molar-refractivity contribution in [3.05, 3.63) is 83.4 Å². The number of carbonyl (C=O) groups is 4. The number of carboxylic acids is 3. The van der Waals surface area contributed by atoms with Gasteiger partial charge in [0.15, 0.2) is 5.79 Å². The molecule has 1 spiro atoms. The van der Waals surface area contributed by atoms with E-state index in [2.05, 4.69) is 13.8 Å². The molecule has 1 aromatic heterocycles. The van der Waals surface area contributed by atoms with Gasteiger partial charge in [-0.1, -0.05) is 75.6 Å². The molecule has 1 aromatic rings. The number of furan rings is 1. The van der Waals surface area contributed by atoms with Gasteiger partial charge in [0.2, 0.25) is 5.76 Å². The summed E-state index contributed by atoms with van der Waals surface area (Å²) in [6.07, 6.45) is 17.2. The second-order valence-electron chi connectivity index (χ2n) is 13.7. The van der Waals surface area contributed by atoms with Crippen LogP contribution in [0.25, 0.3) is 0 Å². The van der Waals surface area contributed by atoms with Crippen LogP contribution in [0.2, 0.25) is 0 Å². The number of rotatable bonds is 17. The molecule has 2 aliphatic heterocycles. The number of hydrogen-bond donors (Lipinski definition) is 4. The number of aliphatic hydroxyl groups is 1. The first kappa shape index (κ1) is 41.2. The minimum Gasteiger partial charge on any atom is -0.478 e. The summed E-state index contributed by atoms with van der Waals surface area (Å²) in [5, 5.41) is 37.8. The molecule has 51 heavy (non-hydrogen) atoms. The summed E-state index contributed by atoms with van der Waals surface area (Å²) >= 11 is 0. The lowest BCUT2D eigenvalue weighted by molar-refractivity contribution is -0.343. The van der Waals surface area contributed by atoms with E-state index in [0.29, 0.717) is 37.7 Å². The molecule has 0 amide bonds. The van der Waals surface area contributed by atoms with Gasteiger partial charge in [0.1, 0.15) is 18.0 Å². The predicted octanol–water partition coefficient (Wildman–Crippen LogP) is 7.26. The van der Waals surface area contributed by atoms with Crippen LogP contribution in [0.15, 0.2) is 76.5 Å². The van der Waals surface area contributed by atoms with Gasteiger partial charge in [0.05, 0.1) is 17.8 Å². The van der Waals surface area contributed by atoms with Gasteiger partial charge in [-0.25, -0.2) is 19.2 Å². The molecule has 0 bridgehead atoms. The average Bonchev–Trinajstić information content (AvgIpc) is 3.58. The summed E-state index contributed by atoms with van der Waals surface area (Å²) in [6, 6.07) is 1.12. The van der Waals surface area contributed by atoms with Crippen molar-refractivity contribution in [1.82, 2.24) is 0 Å². The zero-order chi connectivity index (χ0) is 37.8. The lowest BCUT2D eigenvalue weighted by atomic mass is 9.78. The molecule has 2 fully saturated rings. The highest BCUT2D eigenvalue weighted by Gasteiger charge is 2.54. The number of hydrogen-bond acceptors (Lipinski definition) is 9. The molecule has 3 heterocycles. The molecular formula is C39H52O12. The Labute approximate surface area is 299 Å². The van der Waals surface area contributed by atoms with Crippen LogP contribution in [0.3, 0.4) is 0 Å². The van der Waals surface area contributed by atoms with Crippen molar-refractivity contribution in [1.29, 1.82) is 0 Å². The molecule has 0 saturated carbocycles. The third-order valence-electron chi connectivity index (χ3n) is 9.51. The van der Waals surface area contributed by atoms with Crippen molar-refractivity contribution in [3.8, 4) is 0 Å². The van der Waals surface area contributed by atoms with Gasteiger partial charge in [-0.05, 0) is 57.4 Å². The van der Waals surface area contributed by atoms with E-state index < -0.39 is 47.5 Å². The van der Waals surface area contributed by atoms with Crippen LogP contribution in [-0.4, -0.2) is 74.0 Å². The zero-order valence-electron chi connectivity index (χ0n) is 30.1. The molecule has 2 saturated heterocycles. The summed E-state index contributed by atoms with van der Waals surface area (Å²) in [5.74, 6) is -5.80. The third-order valence-corrected chi connectivity index (χ3v) is 9.51. The number of esters is 1. The van der Waals surface area contributed by atoms with E-state index in [-0.39, 0.29) is 29.3 Å². The normalized spacial score (nSPS) is 27.3. The fraction of sp³-hybridized carbons (Fsp3) is 0.538. The Morgan fingerprint density at radius 2 is 1.73 bits per heavy atom. The number of unbranched alkanes of at least 4 members (excludes halogenated alkanes) is 2. The summed E-state index contributed by atoms with van der Waals surface area (Å²) in [6.45, 7) is 9.47. The van der Waals surface area contributed by atoms with E-state index in [9.17, 15) is 34.5 Å². The minimum atomic E-state index is -1.31. The fourth-order valence-electron chi connectivity index (χ4n) is 6.32. The van der Waals surface area contributed by atoms with Crippen LogP contribution in [0.1, 0.15) is 113 Å². The molecule has 0 aromatic carbocycles. The number of aliphatic hydroxyl groups excluding tert-OH is 1. The van der Waals surface area contributed by atoms with Gasteiger partial charge in [-0.3, -0.25) is 0 Å². The minimum absolute atomic E-state index is 0.0371. The second-order valence-corrected chi connectivity index (χ2v) is 13.7. The van der Waals surface area contributed by atoms with Crippen LogP contribution in [-0.2, 0) is 23.8 Å². The number of allylic oxidation sites excluding steroid dienone is 4. The molecule has 0 unspecified atom stereocenters. The fourth-order valence-corrected chi connectivity index (χ4v) is 6.32. The molecule has 2 aliphatic rings. The van der Waals surface area contributed by atoms with Crippen LogP contribution in [0.5, 0.6) is 0 Å². The second kappa shape index (κ2) is 18.8. The SMILES string of the molecule is CCCCC[C@@]1(OC(=O)c2coc(C(=O)O)c2)CC[C@]2(CC[C@H](C)[C@@H](C/C=C(C)/C=C/[C@H](O)[C@@H](C)/C=C/C(=O)O)O2)O[C@H]1/C=C/C(C)=C/C(=O)O. The highest BCUT2D eigenvalue weighted by molar-refractivity contribution is 5.93. The molecule has 0 aliphatic carbocycles. The number of carbonyl (C=O) groups excluding carboxylic acids is 1. The maximum absolute atomic E-state index is 13.5. The van der Waals surface area contributed by atoms with Crippen molar-refractivity contribution in [2.75, 3.05) is 0 Å². The highest BCUT2D eigenvalue weighted by atomic mass is 16.7. The lowest BCUT2D eigenvalue weighted by Gasteiger charge is -2.53. The van der Waals surface area contributed by atoms with Gasteiger partial charge in [-0.15, -0.1) is 0 Å². The Morgan fingerprint density at radius 3 is 2.37 bits per heavy atom. The molecule has 7 atom stereocenters. The van der Waals surface area contributed by atoms with Gasteiger partial charge in [0, 0.05) is 37.0 Å². The van der Waals surface area contributed by atoms with Crippen molar-refractivity contribution in [2.45, 2.75) is 122 Å². The first-order valence-electron chi connectivity index (χ1n) is 17.5. The van der Waals surface area contributed by atoms with E-state index in [1.165, 1.54) is 6.08 Å². The van der Waals surface area contributed by atoms with Crippen molar-refractivity contribution >= 4 is 23.9 Å². The van der Waals surface area contributed by atoms with Gasteiger partial charge in [-0.2, -0.15) is 0 Å². The van der Waals surface area contributed by atoms with E-state index in [1.807, 2.05) is 13.0 Å². The monoisotopic (exact) mass is 712 g/mol. The molecule has 12 heteroatoms. The molecular weight excluding hydrogens is 660 g/mol. The van der Waals surface area contributed by atoms with Crippen LogP contribution in [0.4, 0.5) is 0 Å². The zero-order valence-corrected chi connectivity index (χ0v) is 30.1. The van der Waals surface area contributed by atoms with E-state index >= 15 is 0 Å². The summed E-state index contributed by atoms with van der Waals surface area (Å²) in [4.78, 5) is 47.0. The van der Waals surface area contributed by atoms with Gasteiger partial charge in [0.25, 0.3) is 0 Å². The number of aliphatic carboxylic acids is 2. The molecule has 280 valence electrons. The quantitative estimate of drug-likeness (QED) is 0.0548. The summed E-state index contributed by atoms with van der Waals surface area (Å²) in [7, 11) is 0. The van der Waals surface area contributed by atoms with Crippen LogP contribution in [0, 0.1) is 11.8 Å². The van der Waals surface area contributed by atoms with E-state index in [4.69, 9.17) is 23.7 Å². The molecule has 4 N–H and O–H groups in total. The Hall–Kier alpha value is -4.26. The first-order chi connectivity index (χ1) is 24.1. The average molecular weight is 713 g/mol. The summed E-state index contributed by atoms with van der Waals surface area (Å²) in [5.41, 5.74) is 0.170. The van der Waals surface area contributed by atoms with Crippen molar-refractivity contribution in [2.24, 2.45) is 11.8 Å². The number of aromatic carboxylic acids is 1. The smallest absolute Gasteiger partial charge is 0.371 e. The Balaban J connectivity index is 1.88. The Morgan fingerprint density at radius 1 is 0.980 bits per heavy atom. The van der Waals surface area contributed by atoms with Crippen LogP contribution >= 0.6 is 0 Å². The number of carboxylic acid groups (broad SMARTS) is 3. The topological polar surface area (TPSA) is 190 Å². The molecule has 0 radical (unpaired) electrons. The number of ether oxygens (including phenoxy) is 3. The van der Waals surface area contributed by atoms with E-state index in [1.54, 1.807) is 38.2 Å². The lowest BCUT2D eigenvalue weighted by Crippen LogP contribution is -2.59. The van der Waals surface area contributed by atoms with Gasteiger partial charge < -0.3 is 39.1 Å². The van der Waals surface area contributed by atoms with Crippen molar-refractivity contribution in [3.63, 3.8) is 0 Å². The van der Waals surface area contributed by atoms with Gasteiger partial charge >= 0.3 is 23.9 Å². The van der Waals surface area contributed by atoms with Crippen LogP contribution < -0.4 is 0 Å². The van der Waals surface area contributed by atoms with E-state index in [0.717, 1.165) is 55.7 Å². The first-order valence-corrected chi connectivity index (χ1v) is 17.5. The maximum atomic E-state index is 13.5. The largest absolute Gasteiger partial charge is 0.478 e. The standard InChI is InChI=1S/C39H52O12/c1-6-7-8-18-38(51-37(47)29-23-32(36(45)46)48-24-29)20-21-39(50-33(38)15-11-26(3)22-35(43)44)19-17-28(5)31(49-39)14-10-25(2)9-13-30(40)27(4)12-16-34(41)42/h9-13,15-16,22-24,27-28,30-31,33,40H,6-8,14,17-21H2,1-5H3,(H,41,42)(H,43,44)(H,45,46)/b13-9+,15-11+,16-12+,25-10+,26-22+/t27-,28-,30-,31+,33-,38+,39-/m0/s1. The third kappa shape index (κ3) is 12.2. The predicted molar refractivity (Wildman–Crippen MR) is 188 cm³/mol.